The lowest BCUT2D eigenvalue weighted by Crippen LogP contribution is -2.22. The number of carbonyl (C=O) groups is 1. The normalized spacial score (nSPS) is 11.0. The lowest BCUT2D eigenvalue weighted by atomic mass is 10.1. The van der Waals surface area contributed by atoms with Gasteiger partial charge in [0.1, 0.15) is 28.6 Å². The molecular formula is C21H19FN4O2S. The lowest BCUT2D eigenvalue weighted by Gasteiger charge is -2.07. The van der Waals surface area contributed by atoms with Gasteiger partial charge < -0.3 is 15.1 Å². The summed E-state index contributed by atoms with van der Waals surface area (Å²) in [7, 11) is 0. The van der Waals surface area contributed by atoms with Gasteiger partial charge in [0.05, 0.1) is 23.1 Å². The molecule has 148 valence electrons. The maximum atomic E-state index is 13.7. The van der Waals surface area contributed by atoms with Crippen LogP contribution < -0.4 is 10.6 Å². The first kappa shape index (κ1) is 19.1. The number of nitrogens with zero attached hydrogens (tertiary/aromatic N) is 2. The summed E-state index contributed by atoms with van der Waals surface area (Å²) in [5.41, 5.74) is 2.09. The van der Waals surface area contributed by atoms with Gasteiger partial charge in [0.25, 0.3) is 5.91 Å². The molecule has 0 unspecified atom stereocenters. The molecule has 4 rings (SSSR count). The molecule has 0 atom stereocenters. The highest BCUT2D eigenvalue weighted by atomic mass is 32.1. The molecule has 0 aliphatic rings. The smallest absolute Gasteiger partial charge is 0.261 e. The highest BCUT2D eigenvalue weighted by Crippen LogP contribution is 2.33. The summed E-state index contributed by atoms with van der Waals surface area (Å²) in [6.07, 6.45) is 3.09. The molecule has 0 aliphatic carbocycles. The topological polar surface area (TPSA) is 80.0 Å². The molecule has 1 amide bonds. The average Bonchev–Trinajstić information content (AvgIpc) is 3.35. The number of anilines is 1. The number of rotatable bonds is 6. The molecule has 1 aromatic carbocycles. The van der Waals surface area contributed by atoms with E-state index < -0.39 is 0 Å². The van der Waals surface area contributed by atoms with E-state index in [1.165, 1.54) is 23.7 Å². The fourth-order valence-electron chi connectivity index (χ4n) is 3.02. The molecule has 0 bridgehead atoms. The number of aromatic nitrogens is 2. The summed E-state index contributed by atoms with van der Waals surface area (Å²) in [5.74, 6) is 0.938. The van der Waals surface area contributed by atoms with Crippen molar-refractivity contribution in [3.63, 3.8) is 0 Å². The quantitative estimate of drug-likeness (QED) is 0.486. The van der Waals surface area contributed by atoms with E-state index in [-0.39, 0.29) is 18.3 Å². The maximum absolute atomic E-state index is 13.7. The Balaban J connectivity index is 1.54. The van der Waals surface area contributed by atoms with Crippen molar-refractivity contribution >= 4 is 33.3 Å². The Hall–Kier alpha value is -3.26. The maximum Gasteiger partial charge on any atom is 0.261 e. The standard InChI is InChI=1S/C21H19FN4O2S/c1-12-5-6-14(8-16(12)22)9-24-20(27)18-13(2)17-19(25-11-26-21(17)29-18)23-10-15-4-3-7-28-15/h3-8,11H,9-10H2,1-2H3,(H,24,27)(H,23,25,26). The molecule has 8 heteroatoms. The van der Waals surface area contributed by atoms with Gasteiger partial charge in [-0.25, -0.2) is 14.4 Å². The summed E-state index contributed by atoms with van der Waals surface area (Å²) in [4.78, 5) is 22.7. The predicted octanol–water partition coefficient (Wildman–Crippen LogP) is 4.58. The van der Waals surface area contributed by atoms with Crippen molar-refractivity contribution in [1.29, 1.82) is 0 Å². The van der Waals surface area contributed by atoms with Crippen LogP contribution in [0.1, 0.15) is 32.1 Å². The van der Waals surface area contributed by atoms with Crippen LogP contribution in [-0.4, -0.2) is 15.9 Å². The highest BCUT2D eigenvalue weighted by Gasteiger charge is 2.19. The number of fused-ring (bicyclic) bond motifs is 1. The number of benzene rings is 1. The van der Waals surface area contributed by atoms with Crippen molar-refractivity contribution in [2.24, 2.45) is 0 Å². The van der Waals surface area contributed by atoms with Gasteiger partial charge in [-0.05, 0) is 48.7 Å². The fraction of sp³-hybridized carbons (Fsp3) is 0.190. The molecule has 0 saturated carbocycles. The molecule has 6 nitrogen and oxygen atoms in total. The van der Waals surface area contributed by atoms with Crippen molar-refractivity contribution in [1.82, 2.24) is 15.3 Å². The number of hydrogen-bond donors (Lipinski definition) is 2. The second-order valence-corrected chi connectivity index (χ2v) is 7.66. The van der Waals surface area contributed by atoms with Gasteiger partial charge in [0, 0.05) is 6.54 Å². The Bertz CT molecular complexity index is 1170. The monoisotopic (exact) mass is 410 g/mol. The second kappa shape index (κ2) is 8.00. The van der Waals surface area contributed by atoms with Gasteiger partial charge >= 0.3 is 0 Å². The van der Waals surface area contributed by atoms with Crippen LogP contribution >= 0.6 is 11.3 Å². The van der Waals surface area contributed by atoms with E-state index in [0.717, 1.165) is 21.5 Å². The molecule has 0 saturated heterocycles. The van der Waals surface area contributed by atoms with Crippen LogP contribution in [0.25, 0.3) is 10.2 Å². The van der Waals surface area contributed by atoms with Crippen LogP contribution in [0.2, 0.25) is 0 Å². The number of nitrogens with one attached hydrogen (secondary N) is 2. The molecule has 0 fully saturated rings. The second-order valence-electron chi connectivity index (χ2n) is 6.66. The number of furan rings is 1. The summed E-state index contributed by atoms with van der Waals surface area (Å²) < 4.78 is 19.0. The third kappa shape index (κ3) is 3.97. The van der Waals surface area contributed by atoms with Crippen molar-refractivity contribution in [2.75, 3.05) is 5.32 Å². The molecule has 0 radical (unpaired) electrons. The average molecular weight is 410 g/mol. The Morgan fingerprint density at radius 2 is 2.07 bits per heavy atom. The summed E-state index contributed by atoms with van der Waals surface area (Å²) in [6, 6.07) is 8.64. The number of amides is 1. The van der Waals surface area contributed by atoms with E-state index in [9.17, 15) is 9.18 Å². The van der Waals surface area contributed by atoms with E-state index >= 15 is 0 Å². The van der Waals surface area contributed by atoms with Crippen LogP contribution in [0.3, 0.4) is 0 Å². The molecule has 3 aromatic heterocycles. The first-order valence-corrected chi connectivity index (χ1v) is 9.88. The molecule has 0 spiro atoms. The zero-order valence-corrected chi connectivity index (χ0v) is 16.8. The van der Waals surface area contributed by atoms with Gasteiger partial charge in [0.2, 0.25) is 0 Å². The number of thiophene rings is 1. The van der Waals surface area contributed by atoms with Gasteiger partial charge in [-0.3, -0.25) is 4.79 Å². The van der Waals surface area contributed by atoms with E-state index in [2.05, 4.69) is 20.6 Å². The first-order chi connectivity index (χ1) is 14.0. The van der Waals surface area contributed by atoms with E-state index in [1.807, 2.05) is 19.1 Å². The minimum absolute atomic E-state index is 0.219. The fourth-order valence-corrected chi connectivity index (χ4v) is 4.08. The van der Waals surface area contributed by atoms with Gasteiger partial charge in [-0.2, -0.15) is 0 Å². The van der Waals surface area contributed by atoms with Crippen molar-refractivity contribution in [2.45, 2.75) is 26.9 Å². The van der Waals surface area contributed by atoms with Crippen molar-refractivity contribution in [3.8, 4) is 0 Å². The summed E-state index contributed by atoms with van der Waals surface area (Å²) >= 11 is 1.31. The van der Waals surface area contributed by atoms with Crippen LogP contribution in [0.4, 0.5) is 10.2 Å². The van der Waals surface area contributed by atoms with Crippen LogP contribution in [-0.2, 0) is 13.1 Å². The zero-order valence-electron chi connectivity index (χ0n) is 16.0. The largest absolute Gasteiger partial charge is 0.467 e. The number of aryl methyl sites for hydroxylation is 2. The minimum atomic E-state index is -0.280. The molecular weight excluding hydrogens is 391 g/mol. The van der Waals surface area contributed by atoms with Gasteiger partial charge in [-0.15, -0.1) is 11.3 Å². The molecule has 4 aromatic rings. The van der Waals surface area contributed by atoms with E-state index in [4.69, 9.17) is 4.42 Å². The highest BCUT2D eigenvalue weighted by molar-refractivity contribution is 7.20. The SMILES string of the molecule is Cc1ccc(CNC(=O)c2sc3ncnc(NCc4ccco4)c3c2C)cc1F. The Kier molecular flexibility index (Phi) is 5.26. The summed E-state index contributed by atoms with van der Waals surface area (Å²) in [6.45, 7) is 4.31. The zero-order chi connectivity index (χ0) is 20.4. The van der Waals surface area contributed by atoms with Crippen LogP contribution in [0, 0.1) is 19.7 Å². The Morgan fingerprint density at radius 1 is 1.21 bits per heavy atom. The number of carbonyl (C=O) groups excluding carboxylic acids is 1. The molecule has 29 heavy (non-hydrogen) atoms. The van der Waals surface area contributed by atoms with Gasteiger partial charge in [0.15, 0.2) is 0 Å². The minimum Gasteiger partial charge on any atom is -0.467 e. The van der Waals surface area contributed by atoms with Crippen LogP contribution in [0.5, 0.6) is 0 Å². The van der Waals surface area contributed by atoms with Crippen molar-refractivity contribution in [3.05, 3.63) is 76.1 Å². The Morgan fingerprint density at radius 3 is 2.83 bits per heavy atom. The van der Waals surface area contributed by atoms with Gasteiger partial charge in [-0.1, -0.05) is 12.1 Å². The molecule has 0 aliphatic heterocycles. The van der Waals surface area contributed by atoms with E-state index in [1.54, 1.807) is 25.3 Å². The number of hydrogen-bond acceptors (Lipinski definition) is 6. The molecule has 3 heterocycles. The lowest BCUT2D eigenvalue weighted by molar-refractivity contribution is 0.0954. The predicted molar refractivity (Wildman–Crippen MR) is 110 cm³/mol. The van der Waals surface area contributed by atoms with Crippen molar-refractivity contribution < 1.29 is 13.6 Å². The Labute approximate surface area is 170 Å². The number of halogens is 1. The first-order valence-electron chi connectivity index (χ1n) is 9.06. The third-order valence-corrected chi connectivity index (χ3v) is 5.83. The molecule has 2 N–H and O–H groups in total. The van der Waals surface area contributed by atoms with E-state index in [0.29, 0.717) is 28.4 Å². The summed E-state index contributed by atoms with van der Waals surface area (Å²) in [5, 5.41) is 6.92. The van der Waals surface area contributed by atoms with Crippen LogP contribution in [0.15, 0.2) is 47.3 Å². The third-order valence-electron chi connectivity index (χ3n) is 4.63.